The molecule has 1 heteroatoms. The maximum Gasteiger partial charge on any atom is -0.00200 e. The average Bonchev–Trinajstić information content (AvgIpc) is 2.81. The van der Waals surface area contributed by atoms with E-state index < -0.39 is 0 Å². The van der Waals surface area contributed by atoms with Crippen LogP contribution in [0.25, 0.3) is 0 Å². The molecule has 0 amide bonds. The van der Waals surface area contributed by atoms with Crippen LogP contribution in [-0.4, -0.2) is 13.1 Å². The summed E-state index contributed by atoms with van der Waals surface area (Å²) in [6, 6.07) is 9.90. The molecular formula is C17H26N. The monoisotopic (exact) mass is 244 g/mol. The third-order valence-corrected chi connectivity index (χ3v) is 3.91. The molecular weight excluding hydrogens is 218 g/mol. The van der Waals surface area contributed by atoms with Crippen molar-refractivity contribution in [3.8, 4) is 0 Å². The molecule has 1 saturated heterocycles. The molecule has 1 N–H and O–H groups in total. The third-order valence-electron chi connectivity index (χ3n) is 3.91. The minimum Gasteiger partial charge on any atom is -0.316 e. The molecule has 1 aliphatic rings. The van der Waals surface area contributed by atoms with E-state index in [9.17, 15) is 0 Å². The van der Waals surface area contributed by atoms with Crippen molar-refractivity contribution in [1.82, 2.24) is 5.32 Å². The standard InChI is InChI=1S/C17H26N/c1-17(2,3)16-10-5-4-8-15(16)9-6-7-14-11-12-18-13-14/h4-5,8,14,18H,6-7,9,11-13H2,1-3H3. The normalized spacial score (nSPS) is 20.3. The lowest BCUT2D eigenvalue weighted by Crippen LogP contribution is -2.14. The van der Waals surface area contributed by atoms with E-state index in [1.165, 1.54) is 49.9 Å². The molecule has 1 radical (unpaired) electrons. The van der Waals surface area contributed by atoms with E-state index in [0.29, 0.717) is 0 Å². The van der Waals surface area contributed by atoms with Crippen molar-refractivity contribution < 1.29 is 0 Å². The molecule has 1 unspecified atom stereocenters. The zero-order chi connectivity index (χ0) is 13.0. The van der Waals surface area contributed by atoms with Crippen LogP contribution in [0, 0.1) is 12.0 Å². The fourth-order valence-electron chi connectivity index (χ4n) is 2.92. The van der Waals surface area contributed by atoms with Crippen LogP contribution in [0.1, 0.15) is 51.2 Å². The van der Waals surface area contributed by atoms with Crippen molar-refractivity contribution in [3.05, 3.63) is 35.4 Å². The number of nitrogens with one attached hydrogen (secondary N) is 1. The van der Waals surface area contributed by atoms with Gasteiger partial charge < -0.3 is 5.32 Å². The largest absolute Gasteiger partial charge is 0.316 e. The second-order valence-corrected chi connectivity index (χ2v) is 6.57. The smallest absolute Gasteiger partial charge is 0.00200 e. The second-order valence-electron chi connectivity index (χ2n) is 6.57. The highest BCUT2D eigenvalue weighted by molar-refractivity contribution is 5.31. The minimum absolute atomic E-state index is 0.214. The Morgan fingerprint density at radius 3 is 2.89 bits per heavy atom. The Balaban J connectivity index is 1.92. The van der Waals surface area contributed by atoms with Gasteiger partial charge in [-0.1, -0.05) is 39.0 Å². The second kappa shape index (κ2) is 5.88. The van der Waals surface area contributed by atoms with Gasteiger partial charge in [-0.15, -0.1) is 0 Å². The maximum absolute atomic E-state index is 3.45. The highest BCUT2D eigenvalue weighted by atomic mass is 14.9. The molecule has 1 aliphatic heterocycles. The van der Waals surface area contributed by atoms with Crippen LogP contribution < -0.4 is 5.32 Å². The van der Waals surface area contributed by atoms with E-state index in [2.05, 4.69) is 44.3 Å². The Morgan fingerprint density at radius 1 is 1.39 bits per heavy atom. The lowest BCUT2D eigenvalue weighted by atomic mass is 9.82. The minimum atomic E-state index is 0.214. The summed E-state index contributed by atoms with van der Waals surface area (Å²) < 4.78 is 0. The van der Waals surface area contributed by atoms with E-state index in [1.54, 1.807) is 0 Å². The Morgan fingerprint density at radius 2 is 2.22 bits per heavy atom. The van der Waals surface area contributed by atoms with Crippen LogP contribution in [0.2, 0.25) is 0 Å². The predicted octanol–water partition coefficient (Wildman–Crippen LogP) is 3.72. The van der Waals surface area contributed by atoms with Gasteiger partial charge in [-0.05, 0) is 67.3 Å². The molecule has 0 aromatic heterocycles. The van der Waals surface area contributed by atoms with Crippen molar-refractivity contribution in [3.63, 3.8) is 0 Å². The summed E-state index contributed by atoms with van der Waals surface area (Å²) in [5, 5.41) is 3.45. The van der Waals surface area contributed by atoms with E-state index >= 15 is 0 Å². The Bertz CT molecular complexity index is 369. The number of aryl methyl sites for hydroxylation is 1. The van der Waals surface area contributed by atoms with Crippen molar-refractivity contribution in [2.75, 3.05) is 13.1 Å². The summed E-state index contributed by atoms with van der Waals surface area (Å²) in [4.78, 5) is 0. The summed E-state index contributed by atoms with van der Waals surface area (Å²) in [7, 11) is 0. The molecule has 1 aromatic rings. The number of benzene rings is 1. The molecule has 1 fully saturated rings. The first-order valence-corrected chi connectivity index (χ1v) is 7.28. The van der Waals surface area contributed by atoms with Crippen LogP contribution >= 0.6 is 0 Å². The van der Waals surface area contributed by atoms with Gasteiger partial charge in [0, 0.05) is 0 Å². The maximum atomic E-state index is 3.45. The first-order valence-electron chi connectivity index (χ1n) is 7.28. The predicted molar refractivity (Wildman–Crippen MR) is 77.9 cm³/mol. The fourth-order valence-corrected chi connectivity index (χ4v) is 2.92. The fraction of sp³-hybridized carbons (Fsp3) is 0.647. The Labute approximate surface area is 112 Å². The van der Waals surface area contributed by atoms with Gasteiger partial charge in [0.2, 0.25) is 0 Å². The van der Waals surface area contributed by atoms with E-state index in [4.69, 9.17) is 0 Å². The topological polar surface area (TPSA) is 12.0 Å². The first kappa shape index (κ1) is 13.6. The molecule has 0 aliphatic carbocycles. The van der Waals surface area contributed by atoms with Gasteiger partial charge in [0.05, 0.1) is 0 Å². The summed E-state index contributed by atoms with van der Waals surface area (Å²) in [6.07, 6.45) is 5.26. The van der Waals surface area contributed by atoms with Crippen LogP contribution in [0.3, 0.4) is 0 Å². The van der Waals surface area contributed by atoms with Gasteiger partial charge in [-0.3, -0.25) is 0 Å². The van der Waals surface area contributed by atoms with Crippen LogP contribution in [0.4, 0.5) is 0 Å². The molecule has 0 bridgehead atoms. The van der Waals surface area contributed by atoms with Gasteiger partial charge in [0.1, 0.15) is 0 Å². The molecule has 1 aromatic carbocycles. The number of hydrogen-bond acceptors (Lipinski definition) is 1. The molecule has 2 rings (SSSR count). The Kier molecular flexibility index (Phi) is 4.45. The average molecular weight is 244 g/mol. The molecule has 99 valence electrons. The summed E-state index contributed by atoms with van der Waals surface area (Å²) in [6.45, 7) is 9.29. The summed E-state index contributed by atoms with van der Waals surface area (Å²) in [5.41, 5.74) is 3.11. The molecule has 1 heterocycles. The van der Waals surface area contributed by atoms with Gasteiger partial charge in [-0.25, -0.2) is 0 Å². The molecule has 18 heavy (non-hydrogen) atoms. The van der Waals surface area contributed by atoms with E-state index in [-0.39, 0.29) is 5.41 Å². The van der Waals surface area contributed by atoms with Crippen LogP contribution in [-0.2, 0) is 11.8 Å². The Hall–Kier alpha value is -0.820. The lowest BCUT2D eigenvalue weighted by molar-refractivity contribution is 0.505. The first-order chi connectivity index (χ1) is 8.57. The SMILES string of the molecule is CC(C)(C)c1[c]cccc1CCCC1CCNC1. The summed E-state index contributed by atoms with van der Waals surface area (Å²) in [5.74, 6) is 0.913. The zero-order valence-electron chi connectivity index (χ0n) is 12.1. The molecule has 0 saturated carbocycles. The van der Waals surface area contributed by atoms with Crippen molar-refractivity contribution >= 4 is 0 Å². The lowest BCUT2D eigenvalue weighted by Gasteiger charge is -2.22. The quantitative estimate of drug-likeness (QED) is 0.851. The molecule has 1 atom stereocenters. The van der Waals surface area contributed by atoms with Gasteiger partial charge in [0.15, 0.2) is 0 Å². The van der Waals surface area contributed by atoms with Crippen molar-refractivity contribution in [2.45, 2.75) is 51.9 Å². The summed E-state index contributed by atoms with van der Waals surface area (Å²) >= 11 is 0. The zero-order valence-corrected chi connectivity index (χ0v) is 12.1. The van der Waals surface area contributed by atoms with Gasteiger partial charge >= 0.3 is 0 Å². The van der Waals surface area contributed by atoms with Gasteiger partial charge in [-0.2, -0.15) is 0 Å². The highest BCUT2D eigenvalue weighted by Gasteiger charge is 2.18. The van der Waals surface area contributed by atoms with Crippen molar-refractivity contribution in [2.24, 2.45) is 5.92 Å². The van der Waals surface area contributed by atoms with Crippen molar-refractivity contribution in [1.29, 1.82) is 0 Å². The molecule has 0 spiro atoms. The van der Waals surface area contributed by atoms with Crippen LogP contribution in [0.5, 0.6) is 0 Å². The molecule has 1 nitrogen and oxygen atoms in total. The van der Waals surface area contributed by atoms with E-state index in [1.807, 2.05) is 6.07 Å². The van der Waals surface area contributed by atoms with Crippen LogP contribution in [0.15, 0.2) is 18.2 Å². The third kappa shape index (κ3) is 3.58. The van der Waals surface area contributed by atoms with Gasteiger partial charge in [0.25, 0.3) is 0 Å². The van der Waals surface area contributed by atoms with E-state index in [0.717, 1.165) is 5.92 Å². The number of rotatable bonds is 4. The highest BCUT2D eigenvalue weighted by Crippen LogP contribution is 2.27. The number of hydrogen-bond donors (Lipinski definition) is 1.